The van der Waals surface area contributed by atoms with Gasteiger partial charge >= 0.3 is 5.97 Å². The molecule has 2 unspecified atom stereocenters. The number of aliphatic hydroxyl groups is 1. The van der Waals surface area contributed by atoms with Crippen LogP contribution in [-0.4, -0.2) is 40.8 Å². The van der Waals surface area contributed by atoms with Gasteiger partial charge in [0.05, 0.1) is 12.5 Å². The zero-order valence-electron chi connectivity index (χ0n) is 11.0. The van der Waals surface area contributed by atoms with E-state index in [1.807, 2.05) is 18.2 Å². The molecule has 0 aromatic heterocycles. The van der Waals surface area contributed by atoms with Gasteiger partial charge in [0.2, 0.25) is 0 Å². The van der Waals surface area contributed by atoms with Crippen molar-refractivity contribution in [2.45, 2.75) is 44.1 Å². The number of benzene rings is 1. The van der Waals surface area contributed by atoms with Crippen LogP contribution in [0.5, 0.6) is 0 Å². The summed E-state index contributed by atoms with van der Waals surface area (Å²) < 4.78 is 5.19. The average molecular weight is 261 g/mol. The second kappa shape index (κ2) is 4.94. The third-order valence-corrected chi connectivity index (χ3v) is 4.31. The van der Waals surface area contributed by atoms with Gasteiger partial charge < -0.3 is 9.84 Å². The van der Waals surface area contributed by atoms with Crippen molar-refractivity contribution in [1.29, 1.82) is 0 Å². The molecular weight excluding hydrogens is 242 g/mol. The van der Waals surface area contributed by atoms with E-state index in [-0.39, 0.29) is 30.6 Å². The van der Waals surface area contributed by atoms with Crippen molar-refractivity contribution >= 4 is 5.97 Å². The SMILES string of the molecule is C[C@H](c1ccccc1)N1CCC2OC(=O)CC1[C@@H]2O. The van der Waals surface area contributed by atoms with Crippen LogP contribution in [0.4, 0.5) is 0 Å². The second-order valence-corrected chi connectivity index (χ2v) is 5.40. The third-order valence-electron chi connectivity index (χ3n) is 4.31. The van der Waals surface area contributed by atoms with Crippen LogP contribution in [-0.2, 0) is 9.53 Å². The number of carbonyl (C=O) groups excluding carboxylic acids is 1. The molecule has 2 saturated heterocycles. The summed E-state index contributed by atoms with van der Waals surface area (Å²) in [6.07, 6.45) is 0.123. The molecule has 2 aliphatic rings. The van der Waals surface area contributed by atoms with Gasteiger partial charge in [0.25, 0.3) is 0 Å². The van der Waals surface area contributed by atoms with Crippen LogP contribution in [0.15, 0.2) is 30.3 Å². The van der Waals surface area contributed by atoms with Gasteiger partial charge in [0.15, 0.2) is 0 Å². The molecule has 3 rings (SSSR count). The Kier molecular flexibility index (Phi) is 3.29. The Morgan fingerprint density at radius 1 is 1.37 bits per heavy atom. The second-order valence-electron chi connectivity index (χ2n) is 5.40. The highest BCUT2D eigenvalue weighted by Gasteiger charge is 2.45. The summed E-state index contributed by atoms with van der Waals surface area (Å²) in [5.41, 5.74) is 1.21. The Morgan fingerprint density at radius 3 is 2.84 bits per heavy atom. The van der Waals surface area contributed by atoms with Crippen molar-refractivity contribution in [1.82, 2.24) is 4.90 Å². The van der Waals surface area contributed by atoms with Crippen molar-refractivity contribution in [2.75, 3.05) is 6.54 Å². The summed E-state index contributed by atoms with van der Waals surface area (Å²) in [4.78, 5) is 13.8. The third kappa shape index (κ3) is 2.26. The monoisotopic (exact) mass is 261 g/mol. The first-order valence-electron chi connectivity index (χ1n) is 6.85. The van der Waals surface area contributed by atoms with Crippen molar-refractivity contribution in [3.05, 3.63) is 35.9 Å². The fourth-order valence-corrected chi connectivity index (χ4v) is 3.22. The molecule has 4 nitrogen and oxygen atoms in total. The molecule has 4 heteroatoms. The summed E-state index contributed by atoms with van der Waals surface area (Å²) in [7, 11) is 0. The molecule has 1 aromatic rings. The minimum atomic E-state index is -0.558. The highest BCUT2D eigenvalue weighted by atomic mass is 16.6. The number of likely N-dealkylation sites (tertiary alicyclic amines) is 1. The van der Waals surface area contributed by atoms with Crippen LogP contribution in [0.3, 0.4) is 0 Å². The lowest BCUT2D eigenvalue weighted by Gasteiger charge is -2.48. The number of aliphatic hydroxyl groups excluding tert-OH is 1. The van der Waals surface area contributed by atoms with Gasteiger partial charge in [-0.2, -0.15) is 0 Å². The maximum atomic E-state index is 11.6. The van der Waals surface area contributed by atoms with Crippen LogP contribution in [0.2, 0.25) is 0 Å². The first-order valence-corrected chi connectivity index (χ1v) is 6.85. The average Bonchev–Trinajstić information content (AvgIpc) is 2.41. The highest BCUT2D eigenvalue weighted by molar-refractivity contribution is 5.71. The van der Waals surface area contributed by atoms with Gasteiger partial charge in [-0.25, -0.2) is 0 Å². The number of hydrogen-bond donors (Lipinski definition) is 1. The van der Waals surface area contributed by atoms with Gasteiger partial charge in [-0.3, -0.25) is 9.69 Å². The van der Waals surface area contributed by atoms with E-state index in [1.165, 1.54) is 5.56 Å². The quantitative estimate of drug-likeness (QED) is 0.820. The van der Waals surface area contributed by atoms with Crippen LogP contribution in [0, 0.1) is 0 Å². The number of ether oxygens (including phenoxy) is 1. The molecule has 0 saturated carbocycles. The van der Waals surface area contributed by atoms with E-state index < -0.39 is 6.10 Å². The molecule has 4 atom stereocenters. The lowest BCUT2D eigenvalue weighted by Crippen LogP contribution is -2.60. The molecule has 2 bridgehead atoms. The number of fused-ring (bicyclic) bond motifs is 2. The number of carbonyl (C=O) groups is 1. The minimum Gasteiger partial charge on any atom is -0.459 e. The van der Waals surface area contributed by atoms with Crippen LogP contribution in [0.1, 0.15) is 31.4 Å². The molecule has 19 heavy (non-hydrogen) atoms. The Bertz CT molecular complexity index is 462. The van der Waals surface area contributed by atoms with E-state index in [9.17, 15) is 9.90 Å². The van der Waals surface area contributed by atoms with Gasteiger partial charge in [-0.05, 0) is 18.9 Å². The number of piperidine rings is 1. The lowest BCUT2D eigenvalue weighted by atomic mass is 9.88. The summed E-state index contributed by atoms with van der Waals surface area (Å²) in [6.45, 7) is 2.98. The molecule has 0 radical (unpaired) electrons. The molecule has 1 N–H and O–H groups in total. The maximum absolute atomic E-state index is 11.6. The van der Waals surface area contributed by atoms with Crippen molar-refractivity contribution in [2.24, 2.45) is 0 Å². The molecule has 2 fully saturated rings. The Balaban J connectivity index is 1.83. The van der Waals surface area contributed by atoms with Gasteiger partial charge in [-0.15, -0.1) is 0 Å². The number of hydrogen-bond acceptors (Lipinski definition) is 4. The Hall–Kier alpha value is -1.39. The fourth-order valence-electron chi connectivity index (χ4n) is 3.22. The Morgan fingerprint density at radius 2 is 2.11 bits per heavy atom. The van der Waals surface area contributed by atoms with E-state index in [1.54, 1.807) is 0 Å². The topological polar surface area (TPSA) is 49.8 Å². The van der Waals surface area contributed by atoms with Crippen LogP contribution >= 0.6 is 0 Å². The number of nitrogens with zero attached hydrogens (tertiary/aromatic N) is 1. The van der Waals surface area contributed by atoms with E-state index >= 15 is 0 Å². The van der Waals surface area contributed by atoms with Gasteiger partial charge in [0.1, 0.15) is 12.2 Å². The molecule has 2 aliphatic heterocycles. The minimum absolute atomic E-state index is 0.116. The smallest absolute Gasteiger partial charge is 0.307 e. The predicted molar refractivity (Wildman–Crippen MR) is 70.5 cm³/mol. The Labute approximate surface area is 113 Å². The maximum Gasteiger partial charge on any atom is 0.307 e. The normalized spacial score (nSPS) is 32.7. The molecule has 1 aromatic carbocycles. The number of esters is 1. The first kappa shape index (κ1) is 12.6. The summed E-state index contributed by atoms with van der Waals surface area (Å²) in [5, 5.41) is 10.3. The lowest BCUT2D eigenvalue weighted by molar-refractivity contribution is -0.185. The summed E-state index contributed by atoms with van der Waals surface area (Å²) in [5.74, 6) is -0.190. The largest absolute Gasteiger partial charge is 0.459 e. The highest BCUT2D eigenvalue weighted by Crippen LogP contribution is 2.34. The molecule has 0 amide bonds. The van der Waals surface area contributed by atoms with E-state index in [2.05, 4.69) is 24.0 Å². The molecule has 2 heterocycles. The van der Waals surface area contributed by atoms with Crippen molar-refractivity contribution in [3.63, 3.8) is 0 Å². The molecule has 102 valence electrons. The summed E-state index contributed by atoms with van der Waals surface area (Å²) >= 11 is 0. The summed E-state index contributed by atoms with van der Waals surface area (Å²) in [6, 6.07) is 10.3. The van der Waals surface area contributed by atoms with Crippen molar-refractivity contribution < 1.29 is 14.6 Å². The molecule has 0 aliphatic carbocycles. The van der Waals surface area contributed by atoms with Gasteiger partial charge in [-0.1, -0.05) is 30.3 Å². The first-order chi connectivity index (χ1) is 9.16. The zero-order chi connectivity index (χ0) is 13.4. The van der Waals surface area contributed by atoms with Gasteiger partial charge in [0, 0.05) is 12.6 Å². The fraction of sp³-hybridized carbons (Fsp3) is 0.533. The molecular formula is C15H19NO3. The molecule has 0 spiro atoms. The van der Waals surface area contributed by atoms with Crippen LogP contribution in [0.25, 0.3) is 0 Å². The van der Waals surface area contributed by atoms with Crippen LogP contribution < -0.4 is 0 Å². The van der Waals surface area contributed by atoms with E-state index in [0.717, 1.165) is 6.54 Å². The van der Waals surface area contributed by atoms with Crippen molar-refractivity contribution in [3.8, 4) is 0 Å². The van der Waals surface area contributed by atoms with E-state index in [0.29, 0.717) is 6.42 Å². The standard InChI is InChI=1S/C15H19NO3/c1-10(11-5-3-2-4-6-11)16-8-7-13-15(18)12(16)9-14(17)19-13/h2-6,10,12-13,15,18H,7-9H2,1H3/t10-,12?,13?,15+/m1/s1. The number of rotatable bonds is 2. The predicted octanol–water partition coefficient (Wildman–Crippen LogP) is 1.50. The zero-order valence-corrected chi connectivity index (χ0v) is 11.0. The van der Waals surface area contributed by atoms with E-state index in [4.69, 9.17) is 4.74 Å².